The average molecular weight is 222 g/mol. The summed E-state index contributed by atoms with van der Waals surface area (Å²) in [5, 5.41) is 0. The minimum absolute atomic E-state index is 1.06. The van der Waals surface area contributed by atoms with Crippen LogP contribution in [0.1, 0.15) is 31.4 Å². The fourth-order valence-electron chi connectivity index (χ4n) is 2.19. The molecule has 0 saturated heterocycles. The fraction of sp³-hybridized carbons (Fsp3) is 0.176. The molecule has 0 saturated carbocycles. The van der Waals surface area contributed by atoms with Gasteiger partial charge in [0, 0.05) is 0 Å². The highest BCUT2D eigenvalue weighted by molar-refractivity contribution is 5.89. The molecule has 0 amide bonds. The highest BCUT2D eigenvalue weighted by Crippen LogP contribution is 2.28. The van der Waals surface area contributed by atoms with Crippen molar-refractivity contribution in [1.82, 2.24) is 0 Å². The number of allylic oxidation sites excluding steroid dienone is 2. The van der Waals surface area contributed by atoms with Crippen LogP contribution in [-0.4, -0.2) is 0 Å². The molecule has 0 unspecified atom stereocenters. The zero-order valence-electron chi connectivity index (χ0n) is 10.5. The largest absolute Gasteiger partial charge is 0.0622 e. The third kappa shape index (κ3) is 2.65. The van der Waals surface area contributed by atoms with Gasteiger partial charge in [-0.15, -0.1) is 0 Å². The second-order valence-corrected chi connectivity index (χ2v) is 4.19. The molecule has 0 heteroatoms. The van der Waals surface area contributed by atoms with Gasteiger partial charge in [0.05, 0.1) is 0 Å². The molecule has 0 atom stereocenters. The Labute approximate surface area is 104 Å². The minimum Gasteiger partial charge on any atom is -0.0622 e. The number of benzene rings is 2. The Morgan fingerprint density at radius 1 is 0.765 bits per heavy atom. The molecule has 0 radical (unpaired) electrons. The van der Waals surface area contributed by atoms with Crippen LogP contribution in [-0.2, 0) is 0 Å². The molecule has 0 aliphatic carbocycles. The lowest BCUT2D eigenvalue weighted by Crippen LogP contribution is -1.88. The molecule has 17 heavy (non-hydrogen) atoms. The Balaban J connectivity index is 2.48. The van der Waals surface area contributed by atoms with Gasteiger partial charge in [0.15, 0.2) is 0 Å². The Hall–Kier alpha value is -1.82. The molecule has 0 aliphatic rings. The van der Waals surface area contributed by atoms with Gasteiger partial charge in [-0.25, -0.2) is 0 Å². The van der Waals surface area contributed by atoms with E-state index in [1.807, 2.05) is 0 Å². The van der Waals surface area contributed by atoms with Crippen molar-refractivity contribution in [3.05, 3.63) is 71.8 Å². The summed E-state index contributed by atoms with van der Waals surface area (Å²) in [6.45, 7) is 4.43. The van der Waals surface area contributed by atoms with E-state index in [2.05, 4.69) is 74.5 Å². The lowest BCUT2D eigenvalue weighted by molar-refractivity contribution is 1.23. The van der Waals surface area contributed by atoms with Crippen molar-refractivity contribution in [3.63, 3.8) is 0 Å². The molecular formula is C17H18. The van der Waals surface area contributed by atoms with Gasteiger partial charge in [-0.3, -0.25) is 0 Å². The molecule has 0 fully saturated rings. The Kier molecular flexibility index (Phi) is 3.77. The van der Waals surface area contributed by atoms with Crippen LogP contribution >= 0.6 is 0 Å². The summed E-state index contributed by atoms with van der Waals surface area (Å²) in [5.41, 5.74) is 5.45. The zero-order valence-corrected chi connectivity index (χ0v) is 10.5. The summed E-state index contributed by atoms with van der Waals surface area (Å²) in [4.78, 5) is 0. The Morgan fingerprint density at radius 2 is 1.24 bits per heavy atom. The molecule has 0 aliphatic heterocycles. The SMILES string of the molecule is CCC(=C(C)c1ccccc1)c1ccccc1. The molecule has 2 aromatic rings. The molecule has 0 nitrogen and oxygen atoms in total. The van der Waals surface area contributed by atoms with Crippen molar-refractivity contribution in [1.29, 1.82) is 0 Å². The number of hydrogen-bond donors (Lipinski definition) is 0. The third-order valence-corrected chi connectivity index (χ3v) is 3.14. The van der Waals surface area contributed by atoms with Crippen LogP contribution in [0.15, 0.2) is 60.7 Å². The summed E-state index contributed by atoms with van der Waals surface area (Å²) in [7, 11) is 0. The highest BCUT2D eigenvalue weighted by Gasteiger charge is 2.04. The maximum absolute atomic E-state index is 2.22. The smallest absolute Gasteiger partial charge is 0.0222 e. The van der Waals surface area contributed by atoms with E-state index < -0.39 is 0 Å². The van der Waals surface area contributed by atoms with Gasteiger partial charge in [-0.1, -0.05) is 67.6 Å². The monoisotopic (exact) mass is 222 g/mol. The molecule has 0 N–H and O–H groups in total. The van der Waals surface area contributed by atoms with E-state index in [0.29, 0.717) is 0 Å². The van der Waals surface area contributed by atoms with Gasteiger partial charge < -0.3 is 0 Å². The number of rotatable bonds is 3. The topological polar surface area (TPSA) is 0 Å². The zero-order chi connectivity index (χ0) is 12.1. The predicted octanol–water partition coefficient (Wildman–Crippen LogP) is 5.03. The molecule has 2 rings (SSSR count). The van der Waals surface area contributed by atoms with E-state index in [1.165, 1.54) is 22.3 Å². The van der Waals surface area contributed by atoms with E-state index in [4.69, 9.17) is 0 Å². The first-order chi connectivity index (χ1) is 8.33. The van der Waals surface area contributed by atoms with Gasteiger partial charge in [0.1, 0.15) is 0 Å². The standard InChI is InChI=1S/C17H18/c1-3-17(16-12-8-5-9-13-16)14(2)15-10-6-4-7-11-15/h4-13H,3H2,1-2H3. The van der Waals surface area contributed by atoms with Gasteiger partial charge in [0.2, 0.25) is 0 Å². The summed E-state index contributed by atoms with van der Waals surface area (Å²) in [5.74, 6) is 0. The first kappa shape index (κ1) is 11.7. The van der Waals surface area contributed by atoms with E-state index >= 15 is 0 Å². The quantitative estimate of drug-likeness (QED) is 0.639. The molecule has 0 bridgehead atoms. The number of hydrogen-bond acceptors (Lipinski definition) is 0. The van der Waals surface area contributed by atoms with Crippen LogP contribution in [0.2, 0.25) is 0 Å². The Morgan fingerprint density at radius 3 is 1.71 bits per heavy atom. The van der Waals surface area contributed by atoms with Crippen molar-refractivity contribution in [3.8, 4) is 0 Å². The first-order valence-electron chi connectivity index (χ1n) is 6.13. The van der Waals surface area contributed by atoms with Crippen molar-refractivity contribution < 1.29 is 0 Å². The van der Waals surface area contributed by atoms with Crippen LogP contribution in [0.3, 0.4) is 0 Å². The highest BCUT2D eigenvalue weighted by atomic mass is 14.1. The van der Waals surface area contributed by atoms with Crippen LogP contribution in [0.25, 0.3) is 11.1 Å². The van der Waals surface area contributed by atoms with Crippen molar-refractivity contribution in [2.75, 3.05) is 0 Å². The lowest BCUT2D eigenvalue weighted by Gasteiger charge is -2.11. The van der Waals surface area contributed by atoms with Gasteiger partial charge in [0.25, 0.3) is 0 Å². The molecule has 0 aromatic heterocycles. The van der Waals surface area contributed by atoms with Gasteiger partial charge in [-0.05, 0) is 35.6 Å². The normalized spacial score (nSPS) is 12.1. The second-order valence-electron chi connectivity index (χ2n) is 4.19. The predicted molar refractivity (Wildman–Crippen MR) is 75.7 cm³/mol. The van der Waals surface area contributed by atoms with Crippen LogP contribution < -0.4 is 0 Å². The van der Waals surface area contributed by atoms with E-state index in [9.17, 15) is 0 Å². The first-order valence-corrected chi connectivity index (χ1v) is 6.13. The van der Waals surface area contributed by atoms with Gasteiger partial charge in [-0.2, -0.15) is 0 Å². The summed E-state index contributed by atoms with van der Waals surface area (Å²) in [6, 6.07) is 21.2. The second kappa shape index (κ2) is 5.49. The van der Waals surface area contributed by atoms with E-state index in [1.54, 1.807) is 0 Å². The molecular weight excluding hydrogens is 204 g/mol. The Bertz CT molecular complexity index is 492. The summed E-state index contributed by atoms with van der Waals surface area (Å²) >= 11 is 0. The molecule has 0 heterocycles. The van der Waals surface area contributed by atoms with Crippen LogP contribution in [0.4, 0.5) is 0 Å². The molecule has 0 spiro atoms. The maximum Gasteiger partial charge on any atom is -0.0222 e. The van der Waals surface area contributed by atoms with Crippen molar-refractivity contribution >= 4 is 11.1 Å². The van der Waals surface area contributed by atoms with Crippen molar-refractivity contribution in [2.24, 2.45) is 0 Å². The molecule has 2 aromatic carbocycles. The van der Waals surface area contributed by atoms with Gasteiger partial charge >= 0.3 is 0 Å². The lowest BCUT2D eigenvalue weighted by atomic mass is 9.94. The molecule has 86 valence electrons. The van der Waals surface area contributed by atoms with Crippen molar-refractivity contribution in [2.45, 2.75) is 20.3 Å². The average Bonchev–Trinajstić information content (AvgIpc) is 2.42. The van der Waals surface area contributed by atoms with E-state index in [0.717, 1.165) is 6.42 Å². The van der Waals surface area contributed by atoms with Crippen LogP contribution in [0.5, 0.6) is 0 Å². The minimum atomic E-state index is 1.06. The van der Waals surface area contributed by atoms with Crippen LogP contribution in [0, 0.1) is 0 Å². The summed E-state index contributed by atoms with van der Waals surface area (Å²) < 4.78 is 0. The fourth-order valence-corrected chi connectivity index (χ4v) is 2.19. The third-order valence-electron chi connectivity index (χ3n) is 3.14. The van der Waals surface area contributed by atoms with E-state index in [-0.39, 0.29) is 0 Å². The summed E-state index contributed by atoms with van der Waals surface area (Å²) in [6.07, 6.45) is 1.06. The maximum atomic E-state index is 2.22.